The van der Waals surface area contributed by atoms with E-state index in [0.29, 0.717) is 6.73 Å². The summed E-state index contributed by atoms with van der Waals surface area (Å²) in [6.07, 6.45) is 7.44. The van der Waals surface area contributed by atoms with E-state index in [4.69, 9.17) is 0 Å². The smallest absolute Gasteiger partial charge is 0.180 e. The number of halogens is 1. The van der Waals surface area contributed by atoms with E-state index in [0.717, 1.165) is 24.1 Å². The second-order valence-corrected chi connectivity index (χ2v) is 4.71. The van der Waals surface area contributed by atoms with Crippen LogP contribution in [0.25, 0.3) is 0 Å². The van der Waals surface area contributed by atoms with E-state index in [1.165, 1.54) is 38.5 Å². The van der Waals surface area contributed by atoms with Crippen LogP contribution in [0.3, 0.4) is 0 Å². The molecule has 0 amide bonds. The summed E-state index contributed by atoms with van der Waals surface area (Å²) >= 11 is 0. The van der Waals surface area contributed by atoms with Crippen molar-refractivity contribution in [3.63, 3.8) is 0 Å². The fourth-order valence-electron chi connectivity index (χ4n) is 2.03. The van der Waals surface area contributed by atoms with E-state index in [1.54, 1.807) is 0 Å². The summed E-state index contributed by atoms with van der Waals surface area (Å²) in [6, 6.07) is 0. The van der Waals surface area contributed by atoms with Crippen molar-refractivity contribution in [2.75, 3.05) is 26.4 Å². The van der Waals surface area contributed by atoms with Crippen molar-refractivity contribution < 1.29 is 22.0 Å². The van der Waals surface area contributed by atoms with Gasteiger partial charge in [-0.3, -0.25) is 0 Å². The number of aliphatic hydroxyl groups is 1. The zero-order valence-electron chi connectivity index (χ0n) is 11.3. The van der Waals surface area contributed by atoms with Crippen molar-refractivity contribution >= 4 is 0 Å². The molecule has 0 atom stereocenters. The van der Waals surface area contributed by atoms with Crippen molar-refractivity contribution in [3.8, 4) is 0 Å². The van der Waals surface area contributed by atoms with E-state index in [9.17, 15) is 5.11 Å². The second-order valence-electron chi connectivity index (χ2n) is 4.71. The summed E-state index contributed by atoms with van der Waals surface area (Å²) in [5, 5.41) is 9.63. The summed E-state index contributed by atoms with van der Waals surface area (Å²) < 4.78 is 0.940. The van der Waals surface area contributed by atoms with Gasteiger partial charge in [0.2, 0.25) is 0 Å². The highest BCUT2D eigenvalue weighted by Crippen LogP contribution is 2.13. The van der Waals surface area contributed by atoms with Crippen LogP contribution < -0.4 is 12.4 Å². The lowest BCUT2D eigenvalue weighted by Crippen LogP contribution is -3.00. The van der Waals surface area contributed by atoms with Gasteiger partial charge in [-0.05, 0) is 19.3 Å². The minimum absolute atomic E-state index is 0. The molecule has 0 radical (unpaired) electrons. The molecule has 0 saturated carbocycles. The largest absolute Gasteiger partial charge is 1.00 e. The summed E-state index contributed by atoms with van der Waals surface area (Å²) in [6.45, 7) is 10.5. The molecular weight excluding hydrogens is 222 g/mol. The van der Waals surface area contributed by atoms with Crippen molar-refractivity contribution in [1.29, 1.82) is 0 Å². The summed E-state index contributed by atoms with van der Waals surface area (Å²) in [4.78, 5) is 0. The van der Waals surface area contributed by atoms with Crippen molar-refractivity contribution in [2.45, 2.75) is 59.3 Å². The van der Waals surface area contributed by atoms with Crippen LogP contribution in [0.1, 0.15) is 59.3 Å². The van der Waals surface area contributed by atoms with Gasteiger partial charge in [0.1, 0.15) is 0 Å². The molecule has 0 unspecified atom stereocenters. The molecular formula is C13H30ClNO. The molecule has 2 nitrogen and oxygen atoms in total. The summed E-state index contributed by atoms with van der Waals surface area (Å²) in [5.41, 5.74) is 0. The molecule has 0 fully saturated rings. The first-order valence-corrected chi connectivity index (χ1v) is 6.70. The van der Waals surface area contributed by atoms with E-state index in [1.807, 2.05) is 0 Å². The predicted molar refractivity (Wildman–Crippen MR) is 66.7 cm³/mol. The number of aliphatic hydroxyl groups excluding tert-OH is 1. The third kappa shape index (κ3) is 7.48. The van der Waals surface area contributed by atoms with Gasteiger partial charge in [-0.25, -0.2) is 0 Å². The Balaban J connectivity index is 0. The second kappa shape index (κ2) is 11.7. The maximum atomic E-state index is 9.63. The van der Waals surface area contributed by atoms with Gasteiger partial charge in [-0.1, -0.05) is 40.0 Å². The Morgan fingerprint density at radius 1 is 0.750 bits per heavy atom. The lowest BCUT2D eigenvalue weighted by molar-refractivity contribution is -0.945. The third-order valence-electron chi connectivity index (χ3n) is 3.26. The number of quaternary nitrogens is 1. The monoisotopic (exact) mass is 251 g/mol. The van der Waals surface area contributed by atoms with Crippen LogP contribution in [-0.4, -0.2) is 36.0 Å². The molecule has 0 aliphatic heterocycles. The highest BCUT2D eigenvalue weighted by molar-refractivity contribution is 4.44. The maximum Gasteiger partial charge on any atom is 0.180 e. The van der Waals surface area contributed by atoms with Crippen LogP contribution in [0.5, 0.6) is 0 Å². The van der Waals surface area contributed by atoms with Gasteiger partial charge in [0.05, 0.1) is 19.6 Å². The number of hydrogen-bond donors (Lipinski definition) is 1. The molecule has 0 aromatic rings. The molecule has 0 aliphatic carbocycles. The minimum atomic E-state index is 0. The Labute approximate surface area is 108 Å². The Morgan fingerprint density at radius 3 is 1.25 bits per heavy atom. The Hall–Kier alpha value is 0.210. The van der Waals surface area contributed by atoms with E-state index >= 15 is 0 Å². The summed E-state index contributed by atoms with van der Waals surface area (Å²) in [7, 11) is 0. The topological polar surface area (TPSA) is 20.2 Å². The van der Waals surface area contributed by atoms with Gasteiger partial charge >= 0.3 is 0 Å². The highest BCUT2D eigenvalue weighted by Gasteiger charge is 2.24. The molecule has 0 saturated heterocycles. The third-order valence-corrected chi connectivity index (χ3v) is 3.26. The van der Waals surface area contributed by atoms with Crippen LogP contribution in [0, 0.1) is 0 Å². The average molecular weight is 252 g/mol. The molecule has 100 valence electrons. The van der Waals surface area contributed by atoms with E-state index in [2.05, 4.69) is 20.8 Å². The molecule has 0 aromatic carbocycles. The van der Waals surface area contributed by atoms with Crippen molar-refractivity contribution in [2.24, 2.45) is 0 Å². The van der Waals surface area contributed by atoms with Gasteiger partial charge in [-0.2, -0.15) is 0 Å². The lowest BCUT2D eigenvalue weighted by atomic mass is 10.2. The SMILES string of the molecule is CCCC[N+](CO)(CCCC)CCCC.[Cl-]. The number of rotatable bonds is 10. The molecule has 16 heavy (non-hydrogen) atoms. The molecule has 0 rings (SSSR count). The van der Waals surface area contributed by atoms with Crippen LogP contribution in [-0.2, 0) is 0 Å². The summed E-state index contributed by atoms with van der Waals surface area (Å²) in [5.74, 6) is 0. The first kappa shape index (κ1) is 18.6. The fraction of sp³-hybridized carbons (Fsp3) is 1.00. The Morgan fingerprint density at radius 2 is 1.06 bits per heavy atom. The standard InChI is InChI=1S/C13H30NO.ClH/c1-4-7-10-14(13-15,11-8-5-2)12-9-6-3;/h15H,4-13H2,1-3H3;1H/q+1;/p-1. The van der Waals surface area contributed by atoms with Crippen molar-refractivity contribution in [1.82, 2.24) is 0 Å². The maximum absolute atomic E-state index is 9.63. The van der Waals surface area contributed by atoms with Gasteiger partial charge in [0, 0.05) is 0 Å². The fourth-order valence-corrected chi connectivity index (χ4v) is 2.03. The zero-order chi connectivity index (χ0) is 11.6. The van der Waals surface area contributed by atoms with Crippen LogP contribution >= 0.6 is 0 Å². The van der Waals surface area contributed by atoms with Crippen LogP contribution in [0.2, 0.25) is 0 Å². The number of unbranched alkanes of at least 4 members (excludes halogenated alkanes) is 3. The first-order chi connectivity index (χ1) is 7.24. The molecule has 0 aromatic heterocycles. The molecule has 0 aliphatic rings. The molecule has 0 spiro atoms. The average Bonchev–Trinajstić information content (AvgIpc) is 2.29. The number of nitrogens with zero attached hydrogens (tertiary/aromatic N) is 1. The number of hydrogen-bond acceptors (Lipinski definition) is 1. The highest BCUT2D eigenvalue weighted by atomic mass is 35.5. The van der Waals surface area contributed by atoms with Gasteiger partial charge in [0.25, 0.3) is 0 Å². The quantitative estimate of drug-likeness (QED) is 0.433. The molecule has 1 N–H and O–H groups in total. The van der Waals surface area contributed by atoms with Gasteiger partial charge < -0.3 is 22.0 Å². The van der Waals surface area contributed by atoms with Gasteiger partial charge in [-0.15, -0.1) is 0 Å². The van der Waals surface area contributed by atoms with E-state index < -0.39 is 0 Å². The molecule has 3 heteroatoms. The van der Waals surface area contributed by atoms with Gasteiger partial charge in [0.15, 0.2) is 6.73 Å². The first-order valence-electron chi connectivity index (χ1n) is 6.70. The Kier molecular flexibility index (Phi) is 13.6. The van der Waals surface area contributed by atoms with E-state index in [-0.39, 0.29) is 12.4 Å². The van der Waals surface area contributed by atoms with Crippen LogP contribution in [0.4, 0.5) is 0 Å². The normalized spacial score (nSPS) is 11.2. The Bertz CT molecular complexity index is 120. The lowest BCUT2D eigenvalue weighted by Gasteiger charge is -2.37. The molecule has 0 heterocycles. The minimum Gasteiger partial charge on any atom is -1.00 e. The predicted octanol–water partition coefficient (Wildman–Crippen LogP) is 0.157. The zero-order valence-corrected chi connectivity index (χ0v) is 12.1. The van der Waals surface area contributed by atoms with Crippen LogP contribution in [0.15, 0.2) is 0 Å². The molecule has 0 bridgehead atoms. The van der Waals surface area contributed by atoms with Crippen molar-refractivity contribution in [3.05, 3.63) is 0 Å².